The standard InChI is InChI=1S/C21H32N2O4S/c1-5-6-13-27-22-19-14-16-11-12-21(19,20(16,2)3)15-28(24,25)23-17-7-9-18(26-4)10-8-17/h7-10,16,23H,5-6,11-15H2,1-4H3. The first-order valence-electron chi connectivity index (χ1n) is 10.1. The molecule has 0 saturated heterocycles. The van der Waals surface area contributed by atoms with E-state index in [1.165, 1.54) is 0 Å². The van der Waals surface area contributed by atoms with Crippen LogP contribution in [0.25, 0.3) is 0 Å². The fourth-order valence-electron chi connectivity index (χ4n) is 4.79. The molecule has 0 aliphatic heterocycles. The lowest BCUT2D eigenvalue weighted by molar-refractivity contribution is 0.133. The average Bonchev–Trinajstić information content (AvgIpc) is 3.00. The molecular weight excluding hydrogens is 376 g/mol. The van der Waals surface area contributed by atoms with Crippen LogP contribution in [0.2, 0.25) is 0 Å². The second kappa shape index (κ2) is 7.93. The number of nitrogens with zero attached hydrogens (tertiary/aromatic N) is 1. The van der Waals surface area contributed by atoms with Crippen molar-refractivity contribution in [3.8, 4) is 5.75 Å². The third kappa shape index (κ3) is 3.86. The summed E-state index contributed by atoms with van der Waals surface area (Å²) in [5, 5.41) is 4.43. The molecule has 0 radical (unpaired) electrons. The zero-order valence-corrected chi connectivity index (χ0v) is 18.1. The minimum absolute atomic E-state index is 0.0332. The molecule has 2 saturated carbocycles. The van der Waals surface area contributed by atoms with E-state index in [1.54, 1.807) is 31.4 Å². The Morgan fingerprint density at radius 3 is 2.57 bits per heavy atom. The molecule has 0 aromatic heterocycles. The van der Waals surface area contributed by atoms with Crippen LogP contribution in [-0.2, 0) is 14.9 Å². The van der Waals surface area contributed by atoms with Crippen molar-refractivity contribution in [3.63, 3.8) is 0 Å². The number of methoxy groups -OCH3 is 1. The van der Waals surface area contributed by atoms with Crippen LogP contribution >= 0.6 is 0 Å². The summed E-state index contributed by atoms with van der Waals surface area (Å²) in [6, 6.07) is 6.92. The van der Waals surface area contributed by atoms with Crippen LogP contribution in [0.5, 0.6) is 5.75 Å². The summed E-state index contributed by atoms with van der Waals surface area (Å²) >= 11 is 0. The molecule has 2 aliphatic carbocycles. The Bertz CT molecular complexity index is 817. The van der Waals surface area contributed by atoms with Crippen molar-refractivity contribution in [2.75, 3.05) is 24.2 Å². The lowest BCUT2D eigenvalue weighted by atomic mass is 9.70. The van der Waals surface area contributed by atoms with Gasteiger partial charge in [-0.2, -0.15) is 0 Å². The fraction of sp³-hybridized carbons (Fsp3) is 0.667. The van der Waals surface area contributed by atoms with Gasteiger partial charge in [0.15, 0.2) is 0 Å². The van der Waals surface area contributed by atoms with Crippen molar-refractivity contribution in [3.05, 3.63) is 24.3 Å². The molecule has 1 N–H and O–H groups in total. The van der Waals surface area contributed by atoms with Crippen molar-refractivity contribution in [2.24, 2.45) is 21.9 Å². The van der Waals surface area contributed by atoms with E-state index in [0.717, 1.165) is 37.8 Å². The Hall–Kier alpha value is -1.76. The molecule has 2 unspecified atom stereocenters. The average molecular weight is 409 g/mol. The molecule has 0 amide bonds. The number of unbranched alkanes of at least 4 members (excludes halogenated alkanes) is 1. The summed E-state index contributed by atoms with van der Waals surface area (Å²) in [6.07, 6.45) is 4.71. The predicted octanol–water partition coefficient (Wildman–Crippen LogP) is 4.44. The summed E-state index contributed by atoms with van der Waals surface area (Å²) < 4.78 is 34.0. The number of hydrogen-bond acceptors (Lipinski definition) is 5. The van der Waals surface area contributed by atoms with E-state index < -0.39 is 15.4 Å². The molecular formula is C21H32N2O4S. The van der Waals surface area contributed by atoms with Crippen molar-refractivity contribution in [1.29, 1.82) is 0 Å². The van der Waals surface area contributed by atoms with E-state index in [1.807, 2.05) is 0 Å². The molecule has 1 aromatic carbocycles. The van der Waals surface area contributed by atoms with E-state index in [-0.39, 0.29) is 11.2 Å². The number of fused-ring (bicyclic) bond motifs is 2. The van der Waals surface area contributed by atoms with Gasteiger partial charge in [0, 0.05) is 11.1 Å². The van der Waals surface area contributed by atoms with E-state index in [2.05, 4.69) is 30.6 Å². The van der Waals surface area contributed by atoms with Crippen LogP contribution in [0.3, 0.4) is 0 Å². The molecule has 6 nitrogen and oxygen atoms in total. The van der Waals surface area contributed by atoms with Crippen molar-refractivity contribution < 1.29 is 18.0 Å². The van der Waals surface area contributed by atoms with Crippen molar-refractivity contribution in [2.45, 2.75) is 52.9 Å². The monoisotopic (exact) mass is 408 g/mol. The topological polar surface area (TPSA) is 77.0 Å². The molecule has 7 heteroatoms. The van der Waals surface area contributed by atoms with Gasteiger partial charge in [0.05, 0.1) is 18.6 Å². The highest BCUT2D eigenvalue weighted by molar-refractivity contribution is 7.92. The number of oxime groups is 1. The first-order chi connectivity index (χ1) is 13.2. The van der Waals surface area contributed by atoms with Gasteiger partial charge < -0.3 is 9.57 Å². The van der Waals surface area contributed by atoms with E-state index in [9.17, 15) is 8.42 Å². The van der Waals surface area contributed by atoms with E-state index >= 15 is 0 Å². The summed E-state index contributed by atoms with van der Waals surface area (Å²) in [5.41, 5.74) is 0.877. The lowest BCUT2D eigenvalue weighted by Crippen LogP contribution is -2.43. The maximum absolute atomic E-state index is 13.1. The molecule has 2 atom stereocenters. The van der Waals surface area contributed by atoms with Crippen molar-refractivity contribution >= 4 is 21.4 Å². The van der Waals surface area contributed by atoms with E-state index in [0.29, 0.717) is 24.0 Å². The van der Waals surface area contributed by atoms with Crippen LogP contribution in [0.4, 0.5) is 5.69 Å². The minimum Gasteiger partial charge on any atom is -0.497 e. The quantitative estimate of drug-likeness (QED) is 0.484. The number of rotatable bonds is 9. The zero-order valence-electron chi connectivity index (χ0n) is 17.3. The largest absolute Gasteiger partial charge is 0.497 e. The van der Waals surface area contributed by atoms with Crippen LogP contribution in [-0.4, -0.2) is 33.6 Å². The molecule has 156 valence electrons. The number of ether oxygens (including phenoxy) is 1. The molecule has 0 spiro atoms. The Kier molecular flexibility index (Phi) is 5.94. The minimum atomic E-state index is -3.55. The molecule has 2 bridgehead atoms. The summed E-state index contributed by atoms with van der Waals surface area (Å²) in [7, 11) is -1.96. The Labute approximate surface area is 168 Å². The maximum Gasteiger partial charge on any atom is 0.233 e. The molecule has 3 rings (SSSR count). The number of nitrogens with one attached hydrogen (secondary N) is 1. The van der Waals surface area contributed by atoms with Crippen LogP contribution in [0, 0.1) is 16.7 Å². The summed E-state index contributed by atoms with van der Waals surface area (Å²) in [5.74, 6) is 1.18. The third-order valence-corrected chi connectivity index (χ3v) is 8.15. The van der Waals surface area contributed by atoms with Crippen LogP contribution < -0.4 is 9.46 Å². The fourth-order valence-corrected chi connectivity index (χ4v) is 6.69. The van der Waals surface area contributed by atoms with Gasteiger partial charge in [-0.25, -0.2) is 8.42 Å². The van der Waals surface area contributed by atoms with Crippen LogP contribution in [0.1, 0.15) is 52.9 Å². The molecule has 28 heavy (non-hydrogen) atoms. The van der Waals surface area contributed by atoms with Gasteiger partial charge in [-0.15, -0.1) is 0 Å². The van der Waals surface area contributed by atoms with Crippen LogP contribution in [0.15, 0.2) is 29.4 Å². The molecule has 2 aliphatic rings. The smallest absolute Gasteiger partial charge is 0.233 e. The molecule has 0 heterocycles. The van der Waals surface area contributed by atoms with Gasteiger partial charge >= 0.3 is 0 Å². The number of hydrogen-bond donors (Lipinski definition) is 1. The third-order valence-electron chi connectivity index (χ3n) is 6.73. The van der Waals surface area contributed by atoms with Gasteiger partial charge in [-0.1, -0.05) is 32.3 Å². The first-order valence-corrected chi connectivity index (χ1v) is 11.7. The highest BCUT2D eigenvalue weighted by atomic mass is 32.2. The highest BCUT2D eigenvalue weighted by Gasteiger charge is 2.64. The first kappa shape index (κ1) is 21.0. The van der Waals surface area contributed by atoms with Gasteiger partial charge in [0.1, 0.15) is 12.4 Å². The second-order valence-electron chi connectivity index (χ2n) is 8.56. The Balaban J connectivity index is 1.81. The second-order valence-corrected chi connectivity index (χ2v) is 10.3. The van der Waals surface area contributed by atoms with Gasteiger partial charge in [0.2, 0.25) is 10.0 Å². The summed E-state index contributed by atoms with van der Waals surface area (Å²) in [4.78, 5) is 5.55. The predicted molar refractivity (Wildman–Crippen MR) is 112 cm³/mol. The maximum atomic E-state index is 13.1. The SMILES string of the molecule is CCCCON=C1CC2CCC1(CS(=O)(=O)Nc1ccc(OC)cc1)C2(C)C. The Morgan fingerprint density at radius 2 is 1.96 bits per heavy atom. The normalized spacial score (nSPS) is 27.1. The van der Waals surface area contributed by atoms with E-state index in [4.69, 9.17) is 9.57 Å². The zero-order chi connectivity index (χ0) is 20.4. The lowest BCUT2D eigenvalue weighted by Gasteiger charge is -2.37. The molecule has 1 aromatic rings. The number of anilines is 1. The van der Waals surface area contributed by atoms with Gasteiger partial charge in [-0.3, -0.25) is 4.72 Å². The van der Waals surface area contributed by atoms with Crippen molar-refractivity contribution in [1.82, 2.24) is 0 Å². The summed E-state index contributed by atoms with van der Waals surface area (Å²) in [6.45, 7) is 7.05. The van der Waals surface area contributed by atoms with Gasteiger partial charge in [0.25, 0.3) is 0 Å². The molecule has 2 fully saturated rings. The number of benzene rings is 1. The van der Waals surface area contributed by atoms with Gasteiger partial charge in [-0.05, 0) is 61.3 Å². The Morgan fingerprint density at radius 1 is 1.25 bits per heavy atom. The highest BCUT2D eigenvalue weighted by Crippen LogP contribution is 2.64. The number of sulfonamides is 1.